The number of carbonyl (C=O) groups is 1. The van der Waals surface area contributed by atoms with Gasteiger partial charge < -0.3 is 19.5 Å². The maximum Gasteiger partial charge on any atom is 0.256 e. The molecule has 2 heterocycles. The van der Waals surface area contributed by atoms with Crippen molar-refractivity contribution in [1.29, 1.82) is 0 Å². The molecule has 1 N–H and O–H groups in total. The Bertz CT molecular complexity index is 1240. The first-order valence-corrected chi connectivity index (χ1v) is 11.5. The lowest BCUT2D eigenvalue weighted by Crippen LogP contribution is -2.38. The second-order valence-corrected chi connectivity index (χ2v) is 8.49. The first-order chi connectivity index (χ1) is 16.7. The molecule has 1 aliphatic rings. The minimum Gasteiger partial charge on any atom is -0.367 e. The van der Waals surface area contributed by atoms with Crippen molar-refractivity contribution in [3.8, 4) is 11.1 Å². The Morgan fingerprint density at radius 3 is 2.36 bits per heavy atom. The van der Waals surface area contributed by atoms with E-state index in [1.807, 2.05) is 59.6 Å². The van der Waals surface area contributed by atoms with Gasteiger partial charge in [-0.15, -0.1) is 24.8 Å². The molecule has 0 bridgehead atoms. The summed E-state index contributed by atoms with van der Waals surface area (Å²) in [5.74, 6) is -0.0202. The van der Waals surface area contributed by atoms with E-state index >= 15 is 0 Å². The molecule has 1 amide bonds. The van der Waals surface area contributed by atoms with E-state index < -0.39 is 6.10 Å². The van der Waals surface area contributed by atoms with Gasteiger partial charge in [0.2, 0.25) is 0 Å². The number of H-pyrrole nitrogens is 1. The Morgan fingerprint density at radius 1 is 0.972 bits per heavy atom. The number of aromatic nitrogens is 2. The number of fused-ring (bicyclic) bond motifs is 1. The number of methoxy groups -OCH3 is 1. The Kier molecular flexibility index (Phi) is 9.53. The molecule has 5 rings (SSSR count). The summed E-state index contributed by atoms with van der Waals surface area (Å²) >= 11 is 0. The van der Waals surface area contributed by atoms with Gasteiger partial charge in [0.05, 0.1) is 18.6 Å². The van der Waals surface area contributed by atoms with E-state index in [2.05, 4.69) is 45.2 Å². The summed E-state index contributed by atoms with van der Waals surface area (Å²) in [5, 5.41) is 0. The summed E-state index contributed by atoms with van der Waals surface area (Å²) in [7, 11) is 1.60. The zero-order chi connectivity index (χ0) is 23.3. The summed E-state index contributed by atoms with van der Waals surface area (Å²) in [6.45, 7) is 2.55. The first kappa shape index (κ1) is 27.3. The molecule has 0 saturated carbocycles. The van der Waals surface area contributed by atoms with Crippen LogP contribution in [0.25, 0.3) is 11.1 Å². The number of amides is 1. The topological polar surface area (TPSA) is 61.5 Å². The molecular weight excluding hydrogens is 495 g/mol. The van der Waals surface area contributed by atoms with Gasteiger partial charge in [0, 0.05) is 38.6 Å². The maximum atomic E-state index is 13.6. The second-order valence-electron chi connectivity index (χ2n) is 8.49. The molecule has 8 heteroatoms. The summed E-state index contributed by atoms with van der Waals surface area (Å²) < 4.78 is 5.67. The standard InChI is InChI=1S/C28H28N4O2.2ClH/c1-34-27(22-10-6-3-7-11-22)28(33)32-15-14-31(19-25-17-29-20-30-25)26-13-12-23(16-24(26)18-32)21-8-4-2-5-9-21;;/h2-13,16-17,20,27H,14-15,18-19H2,1H3,(H,29,30);2*1H. The lowest BCUT2D eigenvalue weighted by molar-refractivity contribution is -0.142. The van der Waals surface area contributed by atoms with Crippen LogP contribution in [-0.2, 0) is 22.6 Å². The number of rotatable bonds is 6. The summed E-state index contributed by atoms with van der Waals surface area (Å²) in [6.07, 6.45) is 2.93. The summed E-state index contributed by atoms with van der Waals surface area (Å²) in [5.41, 5.74) is 6.46. The molecule has 3 aromatic carbocycles. The molecule has 1 atom stereocenters. The Hall–Kier alpha value is -3.32. The zero-order valence-corrected chi connectivity index (χ0v) is 21.7. The molecule has 0 spiro atoms. The third kappa shape index (κ3) is 5.90. The van der Waals surface area contributed by atoms with E-state index in [1.54, 1.807) is 13.4 Å². The van der Waals surface area contributed by atoms with Gasteiger partial charge in [-0.05, 0) is 34.4 Å². The van der Waals surface area contributed by atoms with Crippen molar-refractivity contribution in [2.75, 3.05) is 25.1 Å². The van der Waals surface area contributed by atoms with Crippen LogP contribution in [0.3, 0.4) is 0 Å². The molecule has 36 heavy (non-hydrogen) atoms. The monoisotopic (exact) mass is 524 g/mol. The van der Waals surface area contributed by atoms with Crippen LogP contribution in [-0.4, -0.2) is 41.0 Å². The number of aromatic amines is 1. The fourth-order valence-corrected chi connectivity index (χ4v) is 4.58. The SMILES string of the molecule is COC(C(=O)N1CCN(Cc2cnc[nH]2)c2ccc(-c3ccccc3)cc2C1)c1ccccc1.Cl.Cl. The Morgan fingerprint density at radius 2 is 1.69 bits per heavy atom. The molecule has 0 radical (unpaired) electrons. The van der Waals surface area contributed by atoms with Crippen molar-refractivity contribution in [3.05, 3.63) is 108 Å². The van der Waals surface area contributed by atoms with Gasteiger partial charge in [0.25, 0.3) is 5.91 Å². The van der Waals surface area contributed by atoms with E-state index in [-0.39, 0.29) is 30.7 Å². The molecule has 6 nitrogen and oxygen atoms in total. The number of anilines is 1. The van der Waals surface area contributed by atoms with Gasteiger partial charge in [-0.1, -0.05) is 66.7 Å². The van der Waals surface area contributed by atoms with Crippen LogP contribution < -0.4 is 4.90 Å². The van der Waals surface area contributed by atoms with Gasteiger partial charge >= 0.3 is 0 Å². The van der Waals surface area contributed by atoms with Gasteiger partial charge in [0.15, 0.2) is 6.10 Å². The number of ether oxygens (including phenoxy) is 1. The van der Waals surface area contributed by atoms with Gasteiger partial charge in [0.1, 0.15) is 0 Å². The van der Waals surface area contributed by atoms with Crippen molar-refractivity contribution < 1.29 is 9.53 Å². The maximum absolute atomic E-state index is 13.6. The molecular formula is C28H30Cl2N4O2. The number of carbonyl (C=O) groups excluding carboxylic acids is 1. The van der Waals surface area contributed by atoms with Crippen LogP contribution in [0, 0.1) is 0 Å². The smallest absolute Gasteiger partial charge is 0.256 e. The molecule has 4 aromatic rings. The zero-order valence-electron chi connectivity index (χ0n) is 20.0. The number of nitrogens with zero attached hydrogens (tertiary/aromatic N) is 3. The van der Waals surface area contributed by atoms with E-state index in [0.29, 0.717) is 26.2 Å². The number of benzene rings is 3. The number of hydrogen-bond donors (Lipinski definition) is 1. The normalized spacial score (nSPS) is 13.6. The quantitative estimate of drug-likeness (QED) is 0.353. The van der Waals surface area contributed by atoms with Crippen LogP contribution in [0.15, 0.2) is 91.4 Å². The average molecular weight is 525 g/mol. The highest BCUT2D eigenvalue weighted by Gasteiger charge is 2.29. The van der Waals surface area contributed by atoms with Crippen LogP contribution in [0.1, 0.15) is 22.9 Å². The van der Waals surface area contributed by atoms with Crippen LogP contribution >= 0.6 is 24.8 Å². The average Bonchev–Trinajstić information content (AvgIpc) is 3.33. The molecule has 0 aliphatic carbocycles. The van der Waals surface area contributed by atoms with Crippen LogP contribution in [0.2, 0.25) is 0 Å². The lowest BCUT2D eigenvalue weighted by Gasteiger charge is -2.26. The van der Waals surface area contributed by atoms with Crippen molar-refractivity contribution in [3.63, 3.8) is 0 Å². The Labute approximate surface area is 224 Å². The van der Waals surface area contributed by atoms with Crippen LogP contribution in [0.5, 0.6) is 0 Å². The minimum atomic E-state index is -0.624. The van der Waals surface area contributed by atoms with E-state index in [9.17, 15) is 4.79 Å². The van der Waals surface area contributed by atoms with Crippen molar-refractivity contribution in [1.82, 2.24) is 14.9 Å². The fraction of sp³-hybridized carbons (Fsp3) is 0.214. The number of imidazole rings is 1. The summed E-state index contributed by atoms with van der Waals surface area (Å²) in [4.78, 5) is 25.2. The molecule has 1 unspecified atom stereocenters. The third-order valence-corrected chi connectivity index (χ3v) is 6.32. The summed E-state index contributed by atoms with van der Waals surface area (Å²) in [6, 6.07) is 26.6. The molecule has 1 aliphatic heterocycles. The highest BCUT2D eigenvalue weighted by molar-refractivity contribution is 5.85. The van der Waals surface area contributed by atoms with Gasteiger partial charge in [-0.3, -0.25) is 4.79 Å². The number of hydrogen-bond acceptors (Lipinski definition) is 4. The highest BCUT2D eigenvalue weighted by atomic mass is 35.5. The van der Waals surface area contributed by atoms with E-state index in [0.717, 1.165) is 33.6 Å². The molecule has 0 fully saturated rings. The predicted octanol–water partition coefficient (Wildman–Crippen LogP) is 5.66. The van der Waals surface area contributed by atoms with Crippen molar-refractivity contribution in [2.24, 2.45) is 0 Å². The number of halogens is 2. The lowest BCUT2D eigenvalue weighted by atomic mass is 10.0. The highest BCUT2D eigenvalue weighted by Crippen LogP contribution is 2.32. The Balaban J connectivity index is 0.00000180. The minimum absolute atomic E-state index is 0. The number of nitrogens with one attached hydrogen (secondary N) is 1. The van der Waals surface area contributed by atoms with Crippen molar-refractivity contribution >= 4 is 36.4 Å². The fourth-order valence-electron chi connectivity index (χ4n) is 4.58. The largest absolute Gasteiger partial charge is 0.367 e. The van der Waals surface area contributed by atoms with Crippen LogP contribution in [0.4, 0.5) is 5.69 Å². The molecule has 1 aromatic heterocycles. The van der Waals surface area contributed by atoms with E-state index in [4.69, 9.17) is 4.74 Å². The van der Waals surface area contributed by atoms with E-state index in [1.165, 1.54) is 0 Å². The van der Waals surface area contributed by atoms with Gasteiger partial charge in [-0.2, -0.15) is 0 Å². The second kappa shape index (κ2) is 12.6. The van der Waals surface area contributed by atoms with Crippen molar-refractivity contribution in [2.45, 2.75) is 19.2 Å². The third-order valence-electron chi connectivity index (χ3n) is 6.32. The first-order valence-electron chi connectivity index (χ1n) is 11.5. The molecule has 188 valence electrons. The predicted molar refractivity (Wildman–Crippen MR) is 148 cm³/mol. The molecule has 0 saturated heterocycles. The van der Waals surface area contributed by atoms with Gasteiger partial charge in [-0.25, -0.2) is 4.98 Å².